The number of hydrogen-bond donors (Lipinski definition) is 1. The van der Waals surface area contributed by atoms with E-state index in [1.165, 1.54) is 4.68 Å². The molecule has 6 heteroatoms. The summed E-state index contributed by atoms with van der Waals surface area (Å²) in [6, 6.07) is 2.96. The van der Waals surface area contributed by atoms with E-state index in [2.05, 4.69) is 10.1 Å². The smallest absolute Gasteiger partial charge is 0.328 e. The third kappa shape index (κ3) is 2.73. The van der Waals surface area contributed by atoms with E-state index in [0.29, 0.717) is 12.5 Å². The number of carbonyl (C=O) groups is 1. The number of nitrogens with zero attached hydrogens (tertiary/aromatic N) is 3. The van der Waals surface area contributed by atoms with Gasteiger partial charge in [0, 0.05) is 23.5 Å². The Balaban J connectivity index is 2.35. The zero-order valence-electron chi connectivity index (χ0n) is 10.8. The SMILES string of the molecule is CCOc1ncccc1-c1cnn([C@@H](C)C(=O)O)c1. The highest BCUT2D eigenvalue weighted by Gasteiger charge is 2.16. The number of carboxylic acids is 1. The van der Waals surface area contributed by atoms with Crippen LogP contribution in [-0.4, -0.2) is 32.4 Å². The zero-order chi connectivity index (χ0) is 13.8. The summed E-state index contributed by atoms with van der Waals surface area (Å²) in [5, 5.41) is 13.0. The molecule has 1 N–H and O–H groups in total. The Bertz CT molecular complexity index is 580. The van der Waals surface area contributed by atoms with Gasteiger partial charge in [-0.2, -0.15) is 5.10 Å². The Kier molecular flexibility index (Phi) is 3.79. The quantitative estimate of drug-likeness (QED) is 0.890. The Labute approximate surface area is 110 Å². The predicted octanol–water partition coefficient (Wildman–Crippen LogP) is 1.99. The van der Waals surface area contributed by atoms with Crippen LogP contribution in [0.3, 0.4) is 0 Å². The van der Waals surface area contributed by atoms with Crippen molar-refractivity contribution < 1.29 is 14.6 Å². The fourth-order valence-corrected chi connectivity index (χ4v) is 1.66. The number of rotatable bonds is 5. The van der Waals surface area contributed by atoms with Crippen LogP contribution in [-0.2, 0) is 4.79 Å². The molecule has 2 heterocycles. The van der Waals surface area contributed by atoms with Gasteiger partial charge in [0.1, 0.15) is 6.04 Å². The summed E-state index contributed by atoms with van der Waals surface area (Å²) in [6.07, 6.45) is 4.94. The van der Waals surface area contributed by atoms with Gasteiger partial charge >= 0.3 is 5.97 Å². The summed E-state index contributed by atoms with van der Waals surface area (Å²) in [6.45, 7) is 3.98. The molecular weight excluding hydrogens is 246 g/mol. The van der Waals surface area contributed by atoms with Crippen molar-refractivity contribution in [3.63, 3.8) is 0 Å². The predicted molar refractivity (Wildman–Crippen MR) is 69.0 cm³/mol. The molecular formula is C13H15N3O3. The first-order valence-electron chi connectivity index (χ1n) is 5.98. The van der Waals surface area contributed by atoms with Crippen LogP contribution >= 0.6 is 0 Å². The zero-order valence-corrected chi connectivity index (χ0v) is 10.8. The molecule has 2 aromatic heterocycles. The van der Waals surface area contributed by atoms with Crippen LogP contribution in [0, 0.1) is 0 Å². The molecule has 0 aliphatic rings. The van der Waals surface area contributed by atoms with Gasteiger partial charge in [-0.05, 0) is 26.0 Å². The van der Waals surface area contributed by atoms with Crippen molar-refractivity contribution >= 4 is 5.97 Å². The average molecular weight is 261 g/mol. The van der Waals surface area contributed by atoms with Gasteiger partial charge in [-0.3, -0.25) is 4.68 Å². The number of pyridine rings is 1. The van der Waals surface area contributed by atoms with Crippen LogP contribution in [0.1, 0.15) is 19.9 Å². The Morgan fingerprint density at radius 3 is 3.05 bits per heavy atom. The first-order chi connectivity index (χ1) is 9.13. The second kappa shape index (κ2) is 5.51. The lowest BCUT2D eigenvalue weighted by atomic mass is 10.1. The van der Waals surface area contributed by atoms with Crippen molar-refractivity contribution in [3.8, 4) is 17.0 Å². The van der Waals surface area contributed by atoms with E-state index in [1.807, 2.05) is 13.0 Å². The molecule has 19 heavy (non-hydrogen) atoms. The van der Waals surface area contributed by atoms with E-state index in [0.717, 1.165) is 11.1 Å². The van der Waals surface area contributed by atoms with Gasteiger partial charge in [0.05, 0.1) is 12.8 Å². The number of carboxylic acid groups (broad SMARTS) is 1. The van der Waals surface area contributed by atoms with E-state index in [-0.39, 0.29) is 0 Å². The molecule has 100 valence electrons. The molecule has 2 aromatic rings. The summed E-state index contributed by atoms with van der Waals surface area (Å²) in [5.41, 5.74) is 1.58. The minimum atomic E-state index is -0.925. The standard InChI is InChI=1S/C13H15N3O3/c1-3-19-12-11(5-4-6-14-12)10-7-15-16(8-10)9(2)13(17)18/h4-9H,3H2,1-2H3,(H,17,18)/t9-/m0/s1. The van der Waals surface area contributed by atoms with Gasteiger partial charge in [0.15, 0.2) is 0 Å². The number of aliphatic carboxylic acids is 1. The maximum absolute atomic E-state index is 10.9. The summed E-state index contributed by atoms with van der Waals surface area (Å²) in [7, 11) is 0. The normalized spacial score (nSPS) is 12.1. The molecule has 0 aromatic carbocycles. The molecule has 0 radical (unpaired) electrons. The fraction of sp³-hybridized carbons (Fsp3) is 0.308. The molecule has 0 saturated carbocycles. The molecule has 6 nitrogen and oxygen atoms in total. The number of aromatic nitrogens is 3. The van der Waals surface area contributed by atoms with Gasteiger partial charge in [-0.15, -0.1) is 0 Å². The molecule has 0 saturated heterocycles. The first-order valence-corrected chi connectivity index (χ1v) is 5.98. The second-order valence-electron chi connectivity index (χ2n) is 4.01. The Hall–Kier alpha value is -2.37. The van der Waals surface area contributed by atoms with Gasteiger partial charge in [-0.25, -0.2) is 9.78 Å². The fourth-order valence-electron chi connectivity index (χ4n) is 1.66. The molecule has 2 rings (SSSR count). The third-order valence-corrected chi connectivity index (χ3v) is 2.72. The van der Waals surface area contributed by atoms with Gasteiger partial charge in [-0.1, -0.05) is 0 Å². The summed E-state index contributed by atoms with van der Waals surface area (Å²) in [4.78, 5) is 15.1. The minimum Gasteiger partial charge on any atom is -0.480 e. The van der Waals surface area contributed by atoms with Crippen LogP contribution < -0.4 is 4.74 Å². The van der Waals surface area contributed by atoms with E-state index in [4.69, 9.17) is 9.84 Å². The summed E-state index contributed by atoms with van der Waals surface area (Å²) >= 11 is 0. The van der Waals surface area contributed by atoms with Gasteiger partial charge in [0.25, 0.3) is 0 Å². The monoisotopic (exact) mass is 261 g/mol. The molecule has 0 aliphatic heterocycles. The van der Waals surface area contributed by atoms with Crippen LogP contribution in [0.2, 0.25) is 0 Å². The van der Waals surface area contributed by atoms with E-state index < -0.39 is 12.0 Å². The van der Waals surface area contributed by atoms with E-state index >= 15 is 0 Å². The van der Waals surface area contributed by atoms with Crippen molar-refractivity contribution in [2.24, 2.45) is 0 Å². The van der Waals surface area contributed by atoms with Crippen molar-refractivity contribution in [1.82, 2.24) is 14.8 Å². The average Bonchev–Trinajstić information content (AvgIpc) is 2.88. The number of ether oxygens (including phenoxy) is 1. The number of hydrogen-bond acceptors (Lipinski definition) is 4. The topological polar surface area (TPSA) is 77.2 Å². The molecule has 1 atom stereocenters. The summed E-state index contributed by atoms with van der Waals surface area (Å²) in [5.74, 6) is -0.404. The Morgan fingerprint density at radius 2 is 2.37 bits per heavy atom. The van der Waals surface area contributed by atoms with Crippen molar-refractivity contribution in [2.45, 2.75) is 19.9 Å². The maximum atomic E-state index is 10.9. The van der Waals surface area contributed by atoms with Crippen molar-refractivity contribution in [1.29, 1.82) is 0 Å². The highest BCUT2D eigenvalue weighted by Crippen LogP contribution is 2.27. The Morgan fingerprint density at radius 1 is 1.58 bits per heavy atom. The lowest BCUT2D eigenvalue weighted by Gasteiger charge is -2.07. The van der Waals surface area contributed by atoms with Gasteiger partial charge in [0.2, 0.25) is 5.88 Å². The largest absolute Gasteiger partial charge is 0.480 e. The van der Waals surface area contributed by atoms with Crippen LogP contribution in [0.4, 0.5) is 0 Å². The minimum absolute atomic E-state index is 0.518. The highest BCUT2D eigenvalue weighted by molar-refractivity contribution is 5.72. The third-order valence-electron chi connectivity index (χ3n) is 2.72. The molecule has 0 spiro atoms. The van der Waals surface area contributed by atoms with E-state index in [9.17, 15) is 4.79 Å². The van der Waals surface area contributed by atoms with Crippen molar-refractivity contribution in [2.75, 3.05) is 6.61 Å². The molecule has 0 amide bonds. The van der Waals surface area contributed by atoms with Crippen LogP contribution in [0.15, 0.2) is 30.7 Å². The summed E-state index contributed by atoms with van der Waals surface area (Å²) < 4.78 is 6.85. The highest BCUT2D eigenvalue weighted by atomic mass is 16.5. The maximum Gasteiger partial charge on any atom is 0.328 e. The molecule has 0 bridgehead atoms. The lowest BCUT2D eigenvalue weighted by Crippen LogP contribution is -2.15. The van der Waals surface area contributed by atoms with Crippen LogP contribution in [0.25, 0.3) is 11.1 Å². The van der Waals surface area contributed by atoms with E-state index in [1.54, 1.807) is 31.6 Å². The van der Waals surface area contributed by atoms with Crippen molar-refractivity contribution in [3.05, 3.63) is 30.7 Å². The molecule has 0 unspecified atom stereocenters. The molecule has 0 fully saturated rings. The van der Waals surface area contributed by atoms with Crippen LogP contribution in [0.5, 0.6) is 5.88 Å². The van der Waals surface area contributed by atoms with Gasteiger partial charge < -0.3 is 9.84 Å². The first kappa shape index (κ1) is 13.1. The second-order valence-corrected chi connectivity index (χ2v) is 4.01. The molecule has 0 aliphatic carbocycles. The lowest BCUT2D eigenvalue weighted by molar-refractivity contribution is -0.140.